The highest BCUT2D eigenvalue weighted by atomic mass is 32.2. The van der Waals surface area contributed by atoms with Crippen molar-refractivity contribution in [2.75, 3.05) is 37.0 Å². The van der Waals surface area contributed by atoms with Crippen molar-refractivity contribution in [3.63, 3.8) is 0 Å². The number of ether oxygens (including phenoxy) is 2. The first-order valence-corrected chi connectivity index (χ1v) is 9.84. The van der Waals surface area contributed by atoms with Crippen molar-refractivity contribution >= 4 is 21.6 Å². The van der Waals surface area contributed by atoms with Crippen molar-refractivity contribution in [2.45, 2.75) is 19.8 Å². The number of benzene rings is 1. The van der Waals surface area contributed by atoms with Crippen LogP contribution in [0.2, 0.25) is 0 Å². The van der Waals surface area contributed by atoms with Gasteiger partial charge in [0.2, 0.25) is 22.7 Å². The molecule has 2 aliphatic heterocycles. The SMILES string of the molecule is C[C@H]1CCCN(C(=O)CN(c2ccc3c(c2)OCO3)S(C)(=O)=O)C1. The highest BCUT2D eigenvalue weighted by Gasteiger charge is 2.27. The fraction of sp³-hybridized carbons (Fsp3) is 0.562. The number of nitrogens with zero attached hydrogens (tertiary/aromatic N) is 2. The first-order chi connectivity index (χ1) is 11.3. The monoisotopic (exact) mass is 354 g/mol. The Kier molecular flexibility index (Phi) is 4.58. The lowest BCUT2D eigenvalue weighted by Crippen LogP contribution is -2.46. The van der Waals surface area contributed by atoms with E-state index in [0.717, 1.165) is 23.4 Å². The van der Waals surface area contributed by atoms with E-state index in [2.05, 4.69) is 6.92 Å². The van der Waals surface area contributed by atoms with Crippen molar-refractivity contribution in [1.82, 2.24) is 4.90 Å². The van der Waals surface area contributed by atoms with Crippen LogP contribution in [0.5, 0.6) is 11.5 Å². The Hall–Kier alpha value is -1.96. The van der Waals surface area contributed by atoms with Crippen LogP contribution < -0.4 is 13.8 Å². The Bertz CT molecular complexity index is 734. The fourth-order valence-electron chi connectivity index (χ4n) is 3.08. The first-order valence-electron chi connectivity index (χ1n) is 8.00. The van der Waals surface area contributed by atoms with Crippen molar-refractivity contribution in [1.29, 1.82) is 0 Å². The molecule has 1 aromatic rings. The van der Waals surface area contributed by atoms with Crippen LogP contribution in [-0.4, -0.2) is 51.9 Å². The van der Waals surface area contributed by atoms with E-state index in [-0.39, 0.29) is 19.2 Å². The lowest BCUT2D eigenvalue weighted by Gasteiger charge is -2.33. The molecule has 0 aliphatic carbocycles. The summed E-state index contributed by atoms with van der Waals surface area (Å²) in [7, 11) is -3.59. The second kappa shape index (κ2) is 6.51. The summed E-state index contributed by atoms with van der Waals surface area (Å²) in [4.78, 5) is 14.3. The molecule has 2 aliphatic rings. The molecule has 0 spiro atoms. The molecule has 2 heterocycles. The maximum Gasteiger partial charge on any atom is 0.243 e. The molecule has 0 radical (unpaired) electrons. The van der Waals surface area contributed by atoms with Crippen LogP contribution in [0.4, 0.5) is 5.69 Å². The van der Waals surface area contributed by atoms with Gasteiger partial charge >= 0.3 is 0 Å². The van der Waals surface area contributed by atoms with Crippen LogP contribution in [0.25, 0.3) is 0 Å². The number of piperidine rings is 1. The van der Waals surface area contributed by atoms with E-state index in [1.807, 2.05) is 0 Å². The molecule has 0 saturated carbocycles. The average Bonchev–Trinajstić information content (AvgIpc) is 2.98. The maximum atomic E-state index is 12.6. The molecule has 132 valence electrons. The van der Waals surface area contributed by atoms with Crippen molar-refractivity contribution in [3.05, 3.63) is 18.2 Å². The van der Waals surface area contributed by atoms with Gasteiger partial charge in [0.1, 0.15) is 6.54 Å². The van der Waals surface area contributed by atoms with Gasteiger partial charge in [-0.1, -0.05) is 6.92 Å². The van der Waals surface area contributed by atoms with Crippen molar-refractivity contribution in [2.24, 2.45) is 5.92 Å². The minimum Gasteiger partial charge on any atom is -0.454 e. The van der Waals surface area contributed by atoms with Gasteiger partial charge in [0, 0.05) is 19.2 Å². The zero-order valence-corrected chi connectivity index (χ0v) is 14.7. The van der Waals surface area contributed by atoms with Gasteiger partial charge in [0.25, 0.3) is 0 Å². The van der Waals surface area contributed by atoms with Gasteiger partial charge in [-0.05, 0) is 30.9 Å². The Morgan fingerprint density at radius 3 is 2.79 bits per heavy atom. The summed E-state index contributed by atoms with van der Waals surface area (Å²) in [6.45, 7) is 3.37. The molecule has 1 amide bonds. The number of sulfonamides is 1. The van der Waals surface area contributed by atoms with Crippen molar-refractivity contribution in [3.8, 4) is 11.5 Å². The molecule has 0 unspecified atom stereocenters. The van der Waals surface area contributed by atoms with Gasteiger partial charge in [-0.2, -0.15) is 0 Å². The Labute approximate surface area is 142 Å². The maximum absolute atomic E-state index is 12.6. The summed E-state index contributed by atoms with van der Waals surface area (Å²) in [6, 6.07) is 4.87. The van der Waals surface area contributed by atoms with Gasteiger partial charge in [0.05, 0.1) is 11.9 Å². The molecule has 1 fully saturated rings. The number of anilines is 1. The number of hydrogen-bond donors (Lipinski definition) is 0. The van der Waals surface area contributed by atoms with Crippen LogP contribution in [-0.2, 0) is 14.8 Å². The normalized spacial score (nSPS) is 20.1. The quantitative estimate of drug-likeness (QED) is 0.818. The smallest absolute Gasteiger partial charge is 0.243 e. The van der Waals surface area contributed by atoms with Crippen LogP contribution in [0.3, 0.4) is 0 Å². The Morgan fingerprint density at radius 2 is 2.08 bits per heavy atom. The zero-order chi connectivity index (χ0) is 17.3. The van der Waals surface area contributed by atoms with Gasteiger partial charge in [-0.25, -0.2) is 8.42 Å². The third-order valence-corrected chi connectivity index (χ3v) is 5.47. The van der Waals surface area contributed by atoms with E-state index < -0.39 is 10.0 Å². The van der Waals surface area contributed by atoms with Gasteiger partial charge in [-0.3, -0.25) is 9.10 Å². The number of fused-ring (bicyclic) bond motifs is 1. The molecule has 0 bridgehead atoms. The van der Waals surface area contributed by atoms with E-state index in [9.17, 15) is 13.2 Å². The first kappa shape index (κ1) is 16.9. The van der Waals surface area contributed by atoms with Gasteiger partial charge < -0.3 is 14.4 Å². The third kappa shape index (κ3) is 3.58. The minimum absolute atomic E-state index is 0.113. The van der Waals surface area contributed by atoms with Gasteiger partial charge in [-0.15, -0.1) is 0 Å². The highest BCUT2D eigenvalue weighted by Crippen LogP contribution is 2.36. The predicted octanol–water partition coefficient (Wildman–Crippen LogP) is 1.44. The minimum atomic E-state index is -3.59. The van der Waals surface area contributed by atoms with Crippen molar-refractivity contribution < 1.29 is 22.7 Å². The summed E-state index contributed by atoms with van der Waals surface area (Å²) in [5.74, 6) is 1.33. The van der Waals surface area contributed by atoms with E-state index >= 15 is 0 Å². The average molecular weight is 354 g/mol. The number of amides is 1. The molecule has 1 aromatic carbocycles. The van der Waals surface area contributed by atoms with Crippen LogP contribution in [0, 0.1) is 5.92 Å². The molecule has 3 rings (SSSR count). The number of carbonyl (C=O) groups excluding carboxylic acids is 1. The van der Waals surface area contributed by atoms with E-state index in [4.69, 9.17) is 9.47 Å². The third-order valence-electron chi connectivity index (χ3n) is 4.33. The summed E-state index contributed by atoms with van der Waals surface area (Å²) < 4.78 is 36.1. The van der Waals surface area contributed by atoms with E-state index in [0.29, 0.717) is 36.2 Å². The lowest BCUT2D eigenvalue weighted by molar-refractivity contribution is -0.131. The summed E-state index contributed by atoms with van der Waals surface area (Å²) in [5, 5.41) is 0. The Balaban J connectivity index is 1.81. The number of hydrogen-bond acceptors (Lipinski definition) is 5. The molecule has 1 saturated heterocycles. The van der Waals surface area contributed by atoms with Crippen LogP contribution in [0.15, 0.2) is 18.2 Å². The second-order valence-corrected chi connectivity index (χ2v) is 8.30. The number of carbonyl (C=O) groups is 1. The highest BCUT2D eigenvalue weighted by molar-refractivity contribution is 7.92. The fourth-order valence-corrected chi connectivity index (χ4v) is 3.92. The standard InChI is InChI=1S/C16H22N2O5S/c1-12-4-3-7-17(9-12)16(19)10-18(24(2,20)21)13-5-6-14-15(8-13)23-11-22-14/h5-6,8,12H,3-4,7,9-11H2,1-2H3/t12-/m0/s1. The molecular weight excluding hydrogens is 332 g/mol. The summed E-state index contributed by atoms with van der Waals surface area (Å²) in [6.07, 6.45) is 3.15. The molecule has 1 atom stereocenters. The van der Waals surface area contributed by atoms with Crippen LogP contribution in [0.1, 0.15) is 19.8 Å². The Morgan fingerprint density at radius 1 is 1.33 bits per heavy atom. The molecule has 8 heteroatoms. The summed E-state index contributed by atoms with van der Waals surface area (Å²) in [5.41, 5.74) is 0.403. The molecule has 0 aromatic heterocycles. The second-order valence-electron chi connectivity index (χ2n) is 6.39. The lowest BCUT2D eigenvalue weighted by atomic mass is 10.0. The number of rotatable bonds is 4. The number of likely N-dealkylation sites (tertiary alicyclic amines) is 1. The van der Waals surface area contributed by atoms with Crippen LogP contribution >= 0.6 is 0 Å². The molecule has 24 heavy (non-hydrogen) atoms. The largest absolute Gasteiger partial charge is 0.454 e. The molecular formula is C16H22N2O5S. The topological polar surface area (TPSA) is 76.2 Å². The molecule has 7 nitrogen and oxygen atoms in total. The zero-order valence-electron chi connectivity index (χ0n) is 13.9. The summed E-state index contributed by atoms with van der Waals surface area (Å²) >= 11 is 0. The molecule has 0 N–H and O–H groups in total. The predicted molar refractivity (Wildman–Crippen MR) is 89.7 cm³/mol. The van der Waals surface area contributed by atoms with E-state index in [1.54, 1.807) is 23.1 Å². The van der Waals surface area contributed by atoms with Gasteiger partial charge in [0.15, 0.2) is 11.5 Å². The van der Waals surface area contributed by atoms with E-state index in [1.165, 1.54) is 0 Å².